The second-order valence-corrected chi connectivity index (χ2v) is 5.17. The molecule has 0 aliphatic heterocycles. The zero-order chi connectivity index (χ0) is 14.7. The molecule has 4 nitrogen and oxygen atoms in total. The number of hydrogen-bond acceptors (Lipinski definition) is 3. The summed E-state index contributed by atoms with van der Waals surface area (Å²) in [5, 5.41) is 8.02. The Bertz CT molecular complexity index is 569. The lowest BCUT2D eigenvalue weighted by Crippen LogP contribution is -2.21. The first-order valence-electron chi connectivity index (χ1n) is 7.31. The Morgan fingerprint density at radius 2 is 1.95 bits per heavy atom. The van der Waals surface area contributed by atoms with E-state index < -0.39 is 0 Å². The molecule has 0 saturated heterocycles. The standard InChI is InChI=1S/C16H24N4/c1-6-15(17-7-2)16-9-8-14(10-18-16)20-13(5)11(3)12(4)19-20/h8-10,15,17H,6-7H2,1-5H3. The van der Waals surface area contributed by atoms with E-state index in [9.17, 15) is 0 Å². The van der Waals surface area contributed by atoms with Crippen LogP contribution < -0.4 is 5.32 Å². The van der Waals surface area contributed by atoms with Crippen molar-refractivity contribution in [2.45, 2.75) is 47.1 Å². The van der Waals surface area contributed by atoms with Crippen LogP contribution in [0.5, 0.6) is 0 Å². The molecule has 0 saturated carbocycles. The van der Waals surface area contributed by atoms with Crippen molar-refractivity contribution < 1.29 is 0 Å². The summed E-state index contributed by atoms with van der Waals surface area (Å²) in [6.45, 7) is 11.5. The van der Waals surface area contributed by atoms with E-state index in [-0.39, 0.29) is 0 Å². The lowest BCUT2D eigenvalue weighted by Gasteiger charge is -2.15. The Morgan fingerprint density at radius 1 is 1.20 bits per heavy atom. The van der Waals surface area contributed by atoms with E-state index in [0.29, 0.717) is 6.04 Å². The summed E-state index contributed by atoms with van der Waals surface area (Å²) in [6.07, 6.45) is 2.95. The SMILES string of the molecule is CCNC(CC)c1ccc(-n2nc(C)c(C)c2C)cn1. The summed E-state index contributed by atoms with van der Waals surface area (Å²) in [6, 6.07) is 4.52. The molecule has 0 aliphatic rings. The number of nitrogens with zero attached hydrogens (tertiary/aromatic N) is 3. The van der Waals surface area contributed by atoms with Crippen molar-refractivity contribution >= 4 is 0 Å². The number of nitrogens with one attached hydrogen (secondary N) is 1. The summed E-state index contributed by atoms with van der Waals surface area (Å²) in [5.41, 5.74) is 5.61. The van der Waals surface area contributed by atoms with Gasteiger partial charge in [-0.15, -0.1) is 0 Å². The molecule has 0 aliphatic carbocycles. The third-order valence-corrected chi connectivity index (χ3v) is 3.88. The lowest BCUT2D eigenvalue weighted by atomic mass is 10.1. The molecule has 0 spiro atoms. The Morgan fingerprint density at radius 3 is 2.40 bits per heavy atom. The molecule has 0 radical (unpaired) electrons. The van der Waals surface area contributed by atoms with Gasteiger partial charge >= 0.3 is 0 Å². The van der Waals surface area contributed by atoms with Crippen LogP contribution in [0.1, 0.15) is 49.0 Å². The number of rotatable bonds is 5. The molecule has 2 rings (SSSR count). The van der Waals surface area contributed by atoms with Crippen LogP contribution in [-0.4, -0.2) is 21.3 Å². The maximum atomic E-state index is 4.60. The average molecular weight is 272 g/mol. The zero-order valence-corrected chi connectivity index (χ0v) is 13.1. The van der Waals surface area contributed by atoms with Gasteiger partial charge in [-0.3, -0.25) is 4.98 Å². The molecule has 1 atom stereocenters. The Labute approximate surface area is 121 Å². The fraction of sp³-hybridized carbons (Fsp3) is 0.500. The second kappa shape index (κ2) is 6.18. The molecular weight excluding hydrogens is 248 g/mol. The Hall–Kier alpha value is -1.68. The normalized spacial score (nSPS) is 12.7. The summed E-state index contributed by atoms with van der Waals surface area (Å²) >= 11 is 0. The molecule has 20 heavy (non-hydrogen) atoms. The smallest absolute Gasteiger partial charge is 0.0832 e. The number of aromatic nitrogens is 3. The van der Waals surface area contributed by atoms with E-state index in [1.807, 2.05) is 17.8 Å². The summed E-state index contributed by atoms with van der Waals surface area (Å²) < 4.78 is 1.97. The number of aryl methyl sites for hydroxylation is 1. The van der Waals surface area contributed by atoms with E-state index >= 15 is 0 Å². The zero-order valence-electron chi connectivity index (χ0n) is 13.1. The number of pyridine rings is 1. The molecule has 2 heterocycles. The highest BCUT2D eigenvalue weighted by atomic mass is 15.3. The fourth-order valence-electron chi connectivity index (χ4n) is 2.41. The van der Waals surface area contributed by atoms with E-state index in [1.54, 1.807) is 0 Å². The van der Waals surface area contributed by atoms with Gasteiger partial charge in [-0.2, -0.15) is 5.10 Å². The molecular formula is C16H24N4. The topological polar surface area (TPSA) is 42.7 Å². The van der Waals surface area contributed by atoms with Crippen molar-refractivity contribution in [3.8, 4) is 5.69 Å². The van der Waals surface area contributed by atoms with Crippen LogP contribution >= 0.6 is 0 Å². The maximum absolute atomic E-state index is 4.60. The first kappa shape index (κ1) is 14.7. The van der Waals surface area contributed by atoms with Gasteiger partial charge in [0.15, 0.2) is 0 Å². The maximum Gasteiger partial charge on any atom is 0.0832 e. The largest absolute Gasteiger partial charge is 0.309 e. The minimum absolute atomic E-state index is 0.330. The molecule has 4 heteroatoms. The molecule has 0 aromatic carbocycles. The minimum atomic E-state index is 0.330. The van der Waals surface area contributed by atoms with Gasteiger partial charge in [0.05, 0.1) is 23.3 Å². The average Bonchev–Trinajstić information content (AvgIpc) is 2.73. The Balaban J connectivity index is 2.30. The van der Waals surface area contributed by atoms with Gasteiger partial charge in [0.1, 0.15) is 0 Å². The van der Waals surface area contributed by atoms with Gasteiger partial charge in [0.25, 0.3) is 0 Å². The van der Waals surface area contributed by atoms with Crippen molar-refractivity contribution in [2.75, 3.05) is 6.54 Å². The molecule has 1 N–H and O–H groups in total. The highest BCUT2D eigenvalue weighted by Gasteiger charge is 2.12. The van der Waals surface area contributed by atoms with Crippen molar-refractivity contribution in [2.24, 2.45) is 0 Å². The van der Waals surface area contributed by atoms with Gasteiger partial charge in [-0.1, -0.05) is 13.8 Å². The molecule has 0 bridgehead atoms. The van der Waals surface area contributed by atoms with Gasteiger partial charge in [0, 0.05) is 11.7 Å². The first-order chi connectivity index (χ1) is 9.58. The van der Waals surface area contributed by atoms with Gasteiger partial charge < -0.3 is 5.32 Å². The summed E-state index contributed by atoms with van der Waals surface area (Å²) in [7, 11) is 0. The monoisotopic (exact) mass is 272 g/mol. The van der Waals surface area contributed by atoms with Crippen molar-refractivity contribution in [1.82, 2.24) is 20.1 Å². The van der Waals surface area contributed by atoms with Gasteiger partial charge in [-0.05, 0) is 51.4 Å². The van der Waals surface area contributed by atoms with Gasteiger partial charge in [0.2, 0.25) is 0 Å². The Kier molecular flexibility index (Phi) is 4.55. The van der Waals surface area contributed by atoms with Crippen LogP contribution in [0.2, 0.25) is 0 Å². The molecule has 0 fully saturated rings. The molecule has 0 amide bonds. The van der Waals surface area contributed by atoms with E-state index in [0.717, 1.165) is 30.0 Å². The van der Waals surface area contributed by atoms with E-state index in [2.05, 4.69) is 55.2 Å². The molecule has 2 aromatic rings. The predicted molar refractivity (Wildman–Crippen MR) is 82.3 cm³/mol. The second-order valence-electron chi connectivity index (χ2n) is 5.17. The highest BCUT2D eigenvalue weighted by molar-refractivity contribution is 5.35. The van der Waals surface area contributed by atoms with Crippen LogP contribution in [0, 0.1) is 20.8 Å². The lowest BCUT2D eigenvalue weighted by molar-refractivity contribution is 0.524. The summed E-state index contributed by atoms with van der Waals surface area (Å²) in [4.78, 5) is 4.60. The summed E-state index contributed by atoms with van der Waals surface area (Å²) in [5.74, 6) is 0. The van der Waals surface area contributed by atoms with Crippen molar-refractivity contribution in [1.29, 1.82) is 0 Å². The van der Waals surface area contributed by atoms with E-state index in [1.165, 1.54) is 11.3 Å². The van der Waals surface area contributed by atoms with Crippen molar-refractivity contribution in [3.63, 3.8) is 0 Å². The third-order valence-electron chi connectivity index (χ3n) is 3.88. The van der Waals surface area contributed by atoms with Crippen LogP contribution in [0.3, 0.4) is 0 Å². The van der Waals surface area contributed by atoms with Crippen molar-refractivity contribution in [3.05, 3.63) is 41.0 Å². The quantitative estimate of drug-likeness (QED) is 0.908. The molecule has 2 aromatic heterocycles. The minimum Gasteiger partial charge on any atom is -0.309 e. The van der Waals surface area contributed by atoms with E-state index in [4.69, 9.17) is 0 Å². The highest BCUT2D eigenvalue weighted by Crippen LogP contribution is 2.19. The predicted octanol–water partition coefficient (Wildman–Crippen LogP) is 3.25. The molecule has 1 unspecified atom stereocenters. The van der Waals surface area contributed by atoms with Crippen LogP contribution in [-0.2, 0) is 0 Å². The van der Waals surface area contributed by atoms with Crippen LogP contribution in [0.15, 0.2) is 18.3 Å². The van der Waals surface area contributed by atoms with Crippen LogP contribution in [0.4, 0.5) is 0 Å². The number of hydrogen-bond donors (Lipinski definition) is 1. The van der Waals surface area contributed by atoms with Crippen LogP contribution in [0.25, 0.3) is 5.69 Å². The first-order valence-corrected chi connectivity index (χ1v) is 7.31. The fourth-order valence-corrected chi connectivity index (χ4v) is 2.41. The third kappa shape index (κ3) is 2.75. The van der Waals surface area contributed by atoms with Gasteiger partial charge in [-0.25, -0.2) is 4.68 Å². The molecule has 108 valence electrons.